The molecule has 0 aromatic heterocycles. The zero-order chi connectivity index (χ0) is 15.6. The van der Waals surface area contributed by atoms with E-state index in [0.29, 0.717) is 12.2 Å². The van der Waals surface area contributed by atoms with Gasteiger partial charge in [-0.1, -0.05) is 19.1 Å². The Kier molecular flexibility index (Phi) is 5.11. The number of halogens is 2. The van der Waals surface area contributed by atoms with E-state index in [1.807, 2.05) is 4.90 Å². The van der Waals surface area contributed by atoms with E-state index in [1.165, 1.54) is 6.07 Å². The fourth-order valence-electron chi connectivity index (χ4n) is 2.86. The zero-order valence-corrected chi connectivity index (χ0v) is 13.2. The van der Waals surface area contributed by atoms with Crippen LogP contribution in [0.15, 0.2) is 12.1 Å². The molecule has 6 heteroatoms. The number of hydrogen-bond acceptors (Lipinski definition) is 3. The molecule has 0 amide bonds. The Hall–Kier alpha value is -1.27. The van der Waals surface area contributed by atoms with Crippen LogP contribution < -0.4 is 10.6 Å². The Morgan fingerprint density at radius 3 is 2.67 bits per heavy atom. The summed E-state index contributed by atoms with van der Waals surface area (Å²) in [6.07, 6.45) is 1.80. The second-order valence-electron chi connectivity index (χ2n) is 5.50. The van der Waals surface area contributed by atoms with Crippen LogP contribution >= 0.6 is 12.2 Å². The van der Waals surface area contributed by atoms with Gasteiger partial charge in [-0.2, -0.15) is 0 Å². The molecule has 0 radical (unpaired) electrons. The molecule has 1 saturated heterocycles. The van der Waals surface area contributed by atoms with E-state index in [0.717, 1.165) is 25.9 Å². The van der Waals surface area contributed by atoms with Crippen LogP contribution in [-0.4, -0.2) is 42.6 Å². The van der Waals surface area contributed by atoms with Crippen molar-refractivity contribution >= 4 is 22.9 Å². The van der Waals surface area contributed by atoms with Crippen molar-refractivity contribution in [3.8, 4) is 0 Å². The number of hydrogen-bond donors (Lipinski definition) is 1. The third-order valence-corrected chi connectivity index (χ3v) is 4.23. The minimum Gasteiger partial charge on any atom is -0.389 e. The summed E-state index contributed by atoms with van der Waals surface area (Å²) in [4.78, 5) is 4.07. The van der Waals surface area contributed by atoms with Crippen molar-refractivity contribution in [1.82, 2.24) is 4.90 Å². The van der Waals surface area contributed by atoms with Gasteiger partial charge in [-0.05, 0) is 38.6 Å². The predicted molar refractivity (Wildman–Crippen MR) is 85.8 cm³/mol. The van der Waals surface area contributed by atoms with Crippen molar-refractivity contribution in [2.24, 2.45) is 5.73 Å². The number of rotatable bonds is 3. The van der Waals surface area contributed by atoms with Gasteiger partial charge >= 0.3 is 0 Å². The lowest BCUT2D eigenvalue weighted by molar-refractivity contribution is 0.327. The average molecular weight is 313 g/mol. The molecule has 0 bridgehead atoms. The predicted octanol–water partition coefficient (Wildman–Crippen LogP) is 2.52. The highest BCUT2D eigenvalue weighted by atomic mass is 32.1. The summed E-state index contributed by atoms with van der Waals surface area (Å²) in [5.41, 5.74) is 5.68. The maximum atomic E-state index is 14.4. The first kappa shape index (κ1) is 16.1. The van der Waals surface area contributed by atoms with Crippen molar-refractivity contribution < 1.29 is 8.78 Å². The third kappa shape index (κ3) is 3.32. The lowest BCUT2D eigenvalue weighted by Gasteiger charge is -2.32. The molecule has 1 aliphatic heterocycles. The summed E-state index contributed by atoms with van der Waals surface area (Å²) >= 11 is 4.74. The molecule has 1 aliphatic rings. The lowest BCUT2D eigenvalue weighted by atomic mass is 10.1. The minimum atomic E-state index is -0.951. The van der Waals surface area contributed by atoms with Crippen molar-refractivity contribution in [3.63, 3.8) is 0 Å². The van der Waals surface area contributed by atoms with Crippen molar-refractivity contribution in [2.75, 3.05) is 31.6 Å². The minimum absolute atomic E-state index is 0.0359. The Morgan fingerprint density at radius 1 is 1.33 bits per heavy atom. The van der Waals surface area contributed by atoms with E-state index in [9.17, 15) is 8.78 Å². The Morgan fingerprint density at radius 2 is 2.05 bits per heavy atom. The van der Waals surface area contributed by atoms with Crippen molar-refractivity contribution in [2.45, 2.75) is 25.8 Å². The molecule has 0 aliphatic carbocycles. The fourth-order valence-corrected chi connectivity index (χ4v) is 3.02. The molecule has 1 unspecified atom stereocenters. The summed E-state index contributed by atoms with van der Waals surface area (Å²) in [5.74, 6) is -1.81. The van der Waals surface area contributed by atoms with E-state index in [4.69, 9.17) is 18.0 Å². The van der Waals surface area contributed by atoms with E-state index in [-0.39, 0.29) is 16.6 Å². The first-order valence-electron chi connectivity index (χ1n) is 7.18. The van der Waals surface area contributed by atoms with Crippen LogP contribution in [-0.2, 0) is 0 Å². The van der Waals surface area contributed by atoms with Crippen LogP contribution in [0, 0.1) is 11.6 Å². The van der Waals surface area contributed by atoms with Gasteiger partial charge in [-0.15, -0.1) is 0 Å². The number of thiocarbonyl (C=S) groups is 1. The molecule has 1 fully saturated rings. The van der Waals surface area contributed by atoms with Crippen LogP contribution in [0.4, 0.5) is 14.5 Å². The molecule has 0 spiro atoms. The molecule has 1 heterocycles. The second kappa shape index (κ2) is 6.66. The van der Waals surface area contributed by atoms with Gasteiger partial charge in [0.05, 0.1) is 5.69 Å². The molecule has 0 saturated carbocycles. The molecule has 3 nitrogen and oxygen atoms in total. The maximum Gasteiger partial charge on any atom is 0.182 e. The van der Waals surface area contributed by atoms with Gasteiger partial charge < -0.3 is 15.5 Å². The van der Waals surface area contributed by atoms with Gasteiger partial charge in [0.2, 0.25) is 0 Å². The molecule has 21 heavy (non-hydrogen) atoms. The number of nitrogens with two attached hydrogens (primary N) is 1. The summed E-state index contributed by atoms with van der Waals surface area (Å²) in [7, 11) is 2.05. The number of benzene rings is 1. The fraction of sp³-hybridized carbons (Fsp3) is 0.533. The first-order valence-corrected chi connectivity index (χ1v) is 7.59. The van der Waals surface area contributed by atoms with Crippen LogP contribution in [0.25, 0.3) is 0 Å². The highest BCUT2D eigenvalue weighted by Crippen LogP contribution is 2.28. The summed E-state index contributed by atoms with van der Waals surface area (Å²) in [6, 6.07) is 3.22. The van der Waals surface area contributed by atoms with Crippen LogP contribution in [0.3, 0.4) is 0 Å². The normalized spacial score (nSPS) is 20.4. The highest BCUT2D eigenvalue weighted by molar-refractivity contribution is 7.80. The largest absolute Gasteiger partial charge is 0.389 e. The number of likely N-dealkylation sites (N-methyl/N-ethyl adjacent to an activating group) is 1. The quantitative estimate of drug-likeness (QED) is 0.869. The van der Waals surface area contributed by atoms with Gasteiger partial charge in [-0.25, -0.2) is 8.78 Å². The standard InChI is InChI=1S/C15H21F2N3S/c1-3-10-9-19(2)7-4-8-20(10)12-6-5-11(15(18)21)13(16)14(12)17/h5-6,10H,3-4,7-9H2,1-2H3,(H2,18,21). The first-order chi connectivity index (χ1) is 9.95. The van der Waals surface area contributed by atoms with Crippen LogP contribution in [0.2, 0.25) is 0 Å². The Balaban J connectivity index is 2.40. The molecule has 1 atom stereocenters. The summed E-state index contributed by atoms with van der Waals surface area (Å²) in [5, 5.41) is 0. The number of anilines is 1. The van der Waals surface area contributed by atoms with Crippen LogP contribution in [0.5, 0.6) is 0 Å². The molecule has 116 valence electrons. The second-order valence-corrected chi connectivity index (χ2v) is 5.94. The van der Waals surface area contributed by atoms with Gasteiger partial charge in [-0.3, -0.25) is 0 Å². The molecule has 2 rings (SSSR count). The van der Waals surface area contributed by atoms with E-state index in [1.54, 1.807) is 6.07 Å². The molecule has 1 aromatic rings. The summed E-state index contributed by atoms with van der Waals surface area (Å²) < 4.78 is 28.5. The average Bonchev–Trinajstić information content (AvgIpc) is 2.62. The molecule has 1 aromatic carbocycles. The molecular formula is C15H21F2N3S. The van der Waals surface area contributed by atoms with Gasteiger partial charge in [0.25, 0.3) is 0 Å². The zero-order valence-electron chi connectivity index (χ0n) is 12.4. The Labute approximate surface area is 129 Å². The van der Waals surface area contributed by atoms with Gasteiger partial charge in [0.1, 0.15) is 4.99 Å². The van der Waals surface area contributed by atoms with E-state index in [2.05, 4.69) is 18.9 Å². The monoisotopic (exact) mass is 313 g/mol. The molecular weight excluding hydrogens is 292 g/mol. The van der Waals surface area contributed by atoms with Gasteiger partial charge in [0, 0.05) is 24.7 Å². The summed E-state index contributed by atoms with van der Waals surface area (Å²) in [6.45, 7) is 4.58. The third-order valence-electron chi connectivity index (χ3n) is 4.01. The van der Waals surface area contributed by atoms with E-state index >= 15 is 0 Å². The van der Waals surface area contributed by atoms with E-state index < -0.39 is 11.6 Å². The number of nitrogens with zero attached hydrogens (tertiary/aromatic N) is 2. The van der Waals surface area contributed by atoms with Crippen LogP contribution in [0.1, 0.15) is 25.3 Å². The topological polar surface area (TPSA) is 32.5 Å². The smallest absolute Gasteiger partial charge is 0.182 e. The maximum absolute atomic E-state index is 14.4. The van der Waals surface area contributed by atoms with Crippen molar-refractivity contribution in [1.29, 1.82) is 0 Å². The Bertz CT molecular complexity index is 536. The lowest BCUT2D eigenvalue weighted by Crippen LogP contribution is -2.40. The SMILES string of the molecule is CCC1CN(C)CCCN1c1ccc(C(N)=S)c(F)c1F. The highest BCUT2D eigenvalue weighted by Gasteiger charge is 2.26. The molecule has 2 N–H and O–H groups in total. The van der Waals surface area contributed by atoms with Gasteiger partial charge in [0.15, 0.2) is 11.6 Å². The van der Waals surface area contributed by atoms with Crippen molar-refractivity contribution in [3.05, 3.63) is 29.3 Å².